The molecular weight excluding hydrogens is 282 g/mol. The van der Waals surface area contributed by atoms with Crippen molar-refractivity contribution in [1.29, 1.82) is 0 Å². The smallest absolute Gasteiger partial charge is 0.271 e. The molecule has 0 amide bonds. The van der Waals surface area contributed by atoms with Crippen LogP contribution in [-0.4, -0.2) is 36.8 Å². The standard InChI is InChI=1S/C12H17N3O4S/c1-9-6-11(15(16)17)8-12(7-9)20(18,19)14-4-2-10(13)3-5-14/h6-8,10H,2-5,13H2,1H3. The summed E-state index contributed by atoms with van der Waals surface area (Å²) in [7, 11) is -3.69. The summed E-state index contributed by atoms with van der Waals surface area (Å²) in [6, 6.07) is 3.94. The van der Waals surface area contributed by atoms with Crippen LogP contribution in [0.2, 0.25) is 0 Å². The molecule has 7 nitrogen and oxygen atoms in total. The topological polar surface area (TPSA) is 107 Å². The van der Waals surface area contributed by atoms with Gasteiger partial charge in [-0.3, -0.25) is 10.1 Å². The van der Waals surface area contributed by atoms with Crippen LogP contribution in [0.3, 0.4) is 0 Å². The highest BCUT2D eigenvalue weighted by atomic mass is 32.2. The summed E-state index contributed by atoms with van der Waals surface area (Å²) in [6.45, 7) is 2.34. The molecular formula is C12H17N3O4S. The van der Waals surface area contributed by atoms with E-state index < -0.39 is 14.9 Å². The SMILES string of the molecule is Cc1cc([N+](=O)[O-])cc(S(=O)(=O)N2CCC(N)CC2)c1. The molecule has 1 fully saturated rings. The molecule has 1 aromatic carbocycles. The molecule has 1 saturated heterocycles. The number of non-ortho nitro benzene ring substituents is 1. The summed E-state index contributed by atoms with van der Waals surface area (Å²) in [4.78, 5) is 10.2. The third kappa shape index (κ3) is 2.97. The van der Waals surface area contributed by atoms with E-state index in [2.05, 4.69) is 0 Å². The Balaban J connectivity index is 2.36. The Bertz CT molecular complexity index is 622. The maximum Gasteiger partial charge on any atom is 0.271 e. The monoisotopic (exact) mass is 299 g/mol. The Labute approximate surface area is 117 Å². The van der Waals surface area contributed by atoms with Crippen molar-refractivity contribution in [3.8, 4) is 0 Å². The van der Waals surface area contributed by atoms with Gasteiger partial charge < -0.3 is 5.73 Å². The third-order valence-electron chi connectivity index (χ3n) is 3.38. The lowest BCUT2D eigenvalue weighted by molar-refractivity contribution is -0.385. The van der Waals surface area contributed by atoms with E-state index in [-0.39, 0.29) is 16.6 Å². The van der Waals surface area contributed by atoms with Gasteiger partial charge in [-0.25, -0.2) is 8.42 Å². The number of rotatable bonds is 3. The summed E-state index contributed by atoms with van der Waals surface area (Å²) >= 11 is 0. The summed E-state index contributed by atoms with van der Waals surface area (Å²) in [5, 5.41) is 10.8. The molecule has 2 N–H and O–H groups in total. The van der Waals surface area contributed by atoms with Crippen LogP contribution in [0.1, 0.15) is 18.4 Å². The van der Waals surface area contributed by atoms with E-state index in [4.69, 9.17) is 5.73 Å². The van der Waals surface area contributed by atoms with E-state index >= 15 is 0 Å². The molecule has 0 bridgehead atoms. The van der Waals surface area contributed by atoms with Crippen molar-refractivity contribution in [2.24, 2.45) is 5.73 Å². The summed E-state index contributed by atoms with van der Waals surface area (Å²) in [6.07, 6.45) is 1.21. The van der Waals surface area contributed by atoms with Crippen LogP contribution >= 0.6 is 0 Å². The molecule has 0 atom stereocenters. The Morgan fingerprint density at radius 1 is 1.30 bits per heavy atom. The molecule has 110 valence electrons. The van der Waals surface area contributed by atoms with Gasteiger partial charge in [-0.1, -0.05) is 0 Å². The molecule has 1 aromatic rings. The van der Waals surface area contributed by atoms with E-state index in [1.807, 2.05) is 0 Å². The van der Waals surface area contributed by atoms with Crippen molar-refractivity contribution in [2.75, 3.05) is 13.1 Å². The fourth-order valence-electron chi connectivity index (χ4n) is 2.25. The summed E-state index contributed by atoms with van der Waals surface area (Å²) in [5.41, 5.74) is 6.09. The van der Waals surface area contributed by atoms with Crippen LogP contribution in [0.5, 0.6) is 0 Å². The Kier molecular flexibility index (Phi) is 4.07. The highest BCUT2D eigenvalue weighted by Gasteiger charge is 2.29. The number of benzene rings is 1. The minimum atomic E-state index is -3.69. The van der Waals surface area contributed by atoms with Crippen LogP contribution in [0.4, 0.5) is 5.69 Å². The first-order valence-electron chi connectivity index (χ1n) is 6.32. The number of nitrogens with zero attached hydrogens (tertiary/aromatic N) is 2. The van der Waals surface area contributed by atoms with Crippen LogP contribution < -0.4 is 5.73 Å². The highest BCUT2D eigenvalue weighted by molar-refractivity contribution is 7.89. The number of sulfonamides is 1. The first-order chi connectivity index (χ1) is 9.30. The molecule has 1 heterocycles. The van der Waals surface area contributed by atoms with Gasteiger partial charge in [0.15, 0.2) is 0 Å². The zero-order valence-electron chi connectivity index (χ0n) is 11.2. The van der Waals surface area contributed by atoms with Gasteiger partial charge in [0.2, 0.25) is 10.0 Å². The number of aryl methyl sites for hydroxylation is 1. The van der Waals surface area contributed by atoms with Gasteiger partial charge in [0.05, 0.1) is 9.82 Å². The molecule has 0 radical (unpaired) electrons. The average Bonchev–Trinajstić information content (AvgIpc) is 2.38. The fraction of sp³-hybridized carbons (Fsp3) is 0.500. The molecule has 0 aromatic heterocycles. The third-order valence-corrected chi connectivity index (χ3v) is 5.26. The first kappa shape index (κ1) is 14.9. The van der Waals surface area contributed by atoms with Gasteiger partial charge in [0, 0.05) is 31.3 Å². The van der Waals surface area contributed by atoms with Crippen LogP contribution in [0.25, 0.3) is 0 Å². The molecule has 0 spiro atoms. The second kappa shape index (κ2) is 5.47. The molecule has 0 saturated carbocycles. The number of nitro benzene ring substituents is 1. The molecule has 2 rings (SSSR count). The van der Waals surface area contributed by atoms with E-state index in [0.29, 0.717) is 31.5 Å². The second-order valence-corrected chi connectivity index (χ2v) is 6.94. The summed E-state index contributed by atoms with van der Waals surface area (Å²) < 4.78 is 26.3. The van der Waals surface area contributed by atoms with Gasteiger partial charge in [-0.15, -0.1) is 0 Å². The Morgan fingerprint density at radius 3 is 2.45 bits per heavy atom. The average molecular weight is 299 g/mol. The largest absolute Gasteiger partial charge is 0.328 e. The minimum Gasteiger partial charge on any atom is -0.328 e. The maximum absolute atomic E-state index is 12.5. The van der Waals surface area contributed by atoms with Crippen molar-refractivity contribution in [1.82, 2.24) is 4.31 Å². The van der Waals surface area contributed by atoms with E-state index in [0.717, 1.165) is 6.07 Å². The van der Waals surface area contributed by atoms with Crippen LogP contribution in [-0.2, 0) is 10.0 Å². The van der Waals surface area contributed by atoms with Crippen LogP contribution in [0, 0.1) is 17.0 Å². The molecule has 8 heteroatoms. The lowest BCUT2D eigenvalue weighted by atomic mass is 10.1. The van der Waals surface area contributed by atoms with Crippen molar-refractivity contribution in [2.45, 2.75) is 30.7 Å². The van der Waals surface area contributed by atoms with Gasteiger partial charge >= 0.3 is 0 Å². The zero-order valence-corrected chi connectivity index (χ0v) is 12.0. The Morgan fingerprint density at radius 2 is 1.90 bits per heavy atom. The van der Waals surface area contributed by atoms with Crippen LogP contribution in [0.15, 0.2) is 23.1 Å². The molecule has 20 heavy (non-hydrogen) atoms. The number of nitrogens with two attached hydrogens (primary N) is 1. The second-order valence-electron chi connectivity index (χ2n) is 5.00. The van der Waals surface area contributed by atoms with E-state index in [9.17, 15) is 18.5 Å². The number of hydrogen-bond acceptors (Lipinski definition) is 5. The van der Waals surface area contributed by atoms with E-state index in [1.165, 1.54) is 16.4 Å². The predicted molar refractivity (Wildman–Crippen MR) is 73.8 cm³/mol. The van der Waals surface area contributed by atoms with Gasteiger partial charge in [-0.05, 0) is 31.4 Å². The van der Waals surface area contributed by atoms with Crippen molar-refractivity contribution in [3.63, 3.8) is 0 Å². The fourth-order valence-corrected chi connectivity index (χ4v) is 3.84. The van der Waals surface area contributed by atoms with E-state index in [1.54, 1.807) is 6.92 Å². The zero-order chi connectivity index (χ0) is 14.9. The normalized spacial score (nSPS) is 18.1. The number of hydrogen-bond donors (Lipinski definition) is 1. The Hall–Kier alpha value is -1.51. The molecule has 1 aliphatic rings. The van der Waals surface area contributed by atoms with Crippen molar-refractivity contribution >= 4 is 15.7 Å². The highest BCUT2D eigenvalue weighted by Crippen LogP contribution is 2.25. The van der Waals surface area contributed by atoms with Gasteiger partial charge in [0.25, 0.3) is 5.69 Å². The predicted octanol–water partition coefficient (Wildman–Crippen LogP) is 1.02. The number of nitro groups is 1. The maximum atomic E-state index is 12.5. The van der Waals surface area contributed by atoms with Crippen molar-refractivity contribution in [3.05, 3.63) is 33.9 Å². The minimum absolute atomic E-state index is 0.0216. The molecule has 0 aliphatic carbocycles. The first-order valence-corrected chi connectivity index (χ1v) is 7.76. The number of piperidine rings is 1. The lowest BCUT2D eigenvalue weighted by Crippen LogP contribution is -2.42. The molecule has 1 aliphatic heterocycles. The molecule has 0 unspecified atom stereocenters. The van der Waals surface area contributed by atoms with Crippen molar-refractivity contribution < 1.29 is 13.3 Å². The van der Waals surface area contributed by atoms with Gasteiger partial charge in [-0.2, -0.15) is 4.31 Å². The lowest BCUT2D eigenvalue weighted by Gasteiger charge is -2.29. The van der Waals surface area contributed by atoms with Gasteiger partial charge in [0.1, 0.15) is 0 Å². The quantitative estimate of drug-likeness (QED) is 0.662. The summed E-state index contributed by atoms with van der Waals surface area (Å²) in [5.74, 6) is 0.